The summed E-state index contributed by atoms with van der Waals surface area (Å²) in [5, 5.41) is 2.89. The Hall–Kier alpha value is -1.59. The molecule has 0 radical (unpaired) electrons. The van der Waals surface area contributed by atoms with Crippen LogP contribution in [-0.4, -0.2) is 56.0 Å². The summed E-state index contributed by atoms with van der Waals surface area (Å²) < 4.78 is 0. The Bertz CT molecular complexity index is 460. The molecule has 0 spiro atoms. The average Bonchev–Trinajstić information content (AvgIpc) is 2.40. The van der Waals surface area contributed by atoms with E-state index in [0.29, 0.717) is 17.9 Å². The van der Waals surface area contributed by atoms with Crippen molar-refractivity contribution in [2.24, 2.45) is 0 Å². The molecule has 0 fully saturated rings. The van der Waals surface area contributed by atoms with Crippen LogP contribution in [0.25, 0.3) is 0 Å². The fourth-order valence-electron chi connectivity index (χ4n) is 2.15. The molecule has 0 aliphatic heterocycles. The van der Waals surface area contributed by atoms with Crippen molar-refractivity contribution >= 4 is 17.3 Å². The molecule has 0 saturated heterocycles. The van der Waals surface area contributed by atoms with Gasteiger partial charge >= 0.3 is 0 Å². The number of hydrogen-bond donors (Lipinski definition) is 2. The van der Waals surface area contributed by atoms with Crippen molar-refractivity contribution in [3.05, 3.63) is 23.8 Å². The van der Waals surface area contributed by atoms with Crippen LogP contribution in [0, 0.1) is 6.92 Å². The van der Waals surface area contributed by atoms with Crippen LogP contribution in [-0.2, 0) is 4.79 Å². The van der Waals surface area contributed by atoms with Gasteiger partial charge in [-0.25, -0.2) is 0 Å². The quantitative estimate of drug-likeness (QED) is 0.717. The van der Waals surface area contributed by atoms with E-state index in [1.165, 1.54) is 0 Å². The van der Waals surface area contributed by atoms with Gasteiger partial charge in [0.05, 0.1) is 17.9 Å². The van der Waals surface area contributed by atoms with Gasteiger partial charge in [-0.2, -0.15) is 0 Å². The molecule has 0 aliphatic rings. The van der Waals surface area contributed by atoms with Crippen molar-refractivity contribution in [3.8, 4) is 0 Å². The van der Waals surface area contributed by atoms with Gasteiger partial charge in [-0.1, -0.05) is 13.0 Å². The molecule has 0 saturated carbocycles. The number of carbonyl (C=O) groups is 1. The first-order valence-electron chi connectivity index (χ1n) is 7.45. The number of hydrogen-bond acceptors (Lipinski definition) is 4. The van der Waals surface area contributed by atoms with Gasteiger partial charge in [-0.05, 0) is 64.8 Å². The van der Waals surface area contributed by atoms with Gasteiger partial charge in [-0.3, -0.25) is 9.69 Å². The fourth-order valence-corrected chi connectivity index (χ4v) is 2.15. The van der Waals surface area contributed by atoms with Crippen LogP contribution in [0.5, 0.6) is 0 Å². The predicted octanol–water partition coefficient (Wildman–Crippen LogP) is 1.79. The van der Waals surface area contributed by atoms with Crippen molar-refractivity contribution in [1.82, 2.24) is 9.80 Å². The molecule has 0 aliphatic carbocycles. The lowest BCUT2D eigenvalue weighted by Crippen LogP contribution is -2.35. The zero-order valence-electron chi connectivity index (χ0n) is 13.6. The Labute approximate surface area is 128 Å². The molecule has 5 nitrogen and oxygen atoms in total. The third-order valence-electron chi connectivity index (χ3n) is 3.38. The maximum atomic E-state index is 12.1. The molecule has 1 aromatic rings. The highest BCUT2D eigenvalue weighted by Gasteiger charge is 2.10. The monoisotopic (exact) mass is 292 g/mol. The second kappa shape index (κ2) is 8.64. The molecule has 1 aromatic carbocycles. The third kappa shape index (κ3) is 6.60. The van der Waals surface area contributed by atoms with Crippen molar-refractivity contribution in [2.45, 2.75) is 20.3 Å². The molecule has 0 atom stereocenters. The summed E-state index contributed by atoms with van der Waals surface area (Å²) in [6, 6.07) is 5.66. The summed E-state index contributed by atoms with van der Waals surface area (Å²) >= 11 is 0. The second-order valence-electron chi connectivity index (χ2n) is 5.66. The Morgan fingerprint density at radius 3 is 2.57 bits per heavy atom. The maximum absolute atomic E-state index is 12.1. The first-order valence-corrected chi connectivity index (χ1v) is 7.45. The standard InChI is InChI=1S/C16H28N4O/c1-5-20(10-6-9-19(3)4)12-16(21)18-15-8-7-13(2)11-14(15)17/h7-8,11H,5-6,9-10,12,17H2,1-4H3,(H,18,21). The molecule has 5 heteroatoms. The molecule has 3 N–H and O–H groups in total. The van der Waals surface area contributed by atoms with E-state index in [-0.39, 0.29) is 5.91 Å². The van der Waals surface area contributed by atoms with E-state index in [9.17, 15) is 4.79 Å². The molecular formula is C16H28N4O. The number of anilines is 2. The largest absolute Gasteiger partial charge is 0.397 e. The Morgan fingerprint density at radius 1 is 1.29 bits per heavy atom. The van der Waals surface area contributed by atoms with Gasteiger partial charge in [0.1, 0.15) is 0 Å². The van der Waals surface area contributed by atoms with Gasteiger partial charge in [0.25, 0.3) is 0 Å². The fraction of sp³-hybridized carbons (Fsp3) is 0.562. The first-order chi connectivity index (χ1) is 9.92. The zero-order valence-corrected chi connectivity index (χ0v) is 13.6. The van der Waals surface area contributed by atoms with E-state index < -0.39 is 0 Å². The van der Waals surface area contributed by atoms with Gasteiger partial charge in [0, 0.05) is 0 Å². The van der Waals surface area contributed by atoms with E-state index in [4.69, 9.17) is 5.73 Å². The minimum atomic E-state index is -0.0164. The molecule has 0 aromatic heterocycles. The second-order valence-corrected chi connectivity index (χ2v) is 5.66. The van der Waals surface area contributed by atoms with Crippen molar-refractivity contribution in [2.75, 3.05) is 51.3 Å². The van der Waals surface area contributed by atoms with E-state index in [0.717, 1.165) is 31.6 Å². The summed E-state index contributed by atoms with van der Waals surface area (Å²) in [5.74, 6) is -0.0164. The highest BCUT2D eigenvalue weighted by Crippen LogP contribution is 2.19. The predicted molar refractivity (Wildman–Crippen MR) is 89.5 cm³/mol. The van der Waals surface area contributed by atoms with Crippen LogP contribution >= 0.6 is 0 Å². The molecule has 0 bridgehead atoms. The summed E-state index contributed by atoms with van der Waals surface area (Å²) in [5.41, 5.74) is 8.30. The Kier molecular flexibility index (Phi) is 7.19. The van der Waals surface area contributed by atoms with Gasteiger partial charge in [0.2, 0.25) is 5.91 Å². The summed E-state index contributed by atoms with van der Waals surface area (Å²) in [6.45, 7) is 7.27. The first kappa shape index (κ1) is 17.5. The van der Waals surface area contributed by atoms with Crippen LogP contribution in [0.15, 0.2) is 18.2 Å². The van der Waals surface area contributed by atoms with Gasteiger partial charge < -0.3 is 16.0 Å². The van der Waals surface area contributed by atoms with Crippen LogP contribution in [0.1, 0.15) is 18.9 Å². The summed E-state index contributed by atoms with van der Waals surface area (Å²) in [4.78, 5) is 16.4. The van der Waals surface area contributed by atoms with Crippen molar-refractivity contribution < 1.29 is 4.79 Å². The van der Waals surface area contributed by atoms with Gasteiger partial charge in [0.15, 0.2) is 0 Å². The molecule has 1 rings (SSSR count). The van der Waals surface area contributed by atoms with E-state index in [2.05, 4.69) is 36.1 Å². The number of likely N-dealkylation sites (N-methyl/N-ethyl adjacent to an activating group) is 1. The number of carbonyl (C=O) groups excluding carboxylic acids is 1. The number of rotatable bonds is 8. The lowest BCUT2D eigenvalue weighted by molar-refractivity contribution is -0.117. The SMILES string of the molecule is CCN(CCCN(C)C)CC(=O)Nc1ccc(C)cc1N. The number of amides is 1. The molecular weight excluding hydrogens is 264 g/mol. The summed E-state index contributed by atoms with van der Waals surface area (Å²) in [7, 11) is 4.12. The van der Waals surface area contributed by atoms with E-state index in [1.54, 1.807) is 0 Å². The summed E-state index contributed by atoms with van der Waals surface area (Å²) in [6.07, 6.45) is 1.06. The van der Waals surface area contributed by atoms with Gasteiger partial charge in [-0.15, -0.1) is 0 Å². The average molecular weight is 292 g/mol. The number of aryl methyl sites for hydroxylation is 1. The maximum Gasteiger partial charge on any atom is 0.238 e. The zero-order chi connectivity index (χ0) is 15.8. The lowest BCUT2D eigenvalue weighted by atomic mass is 10.2. The third-order valence-corrected chi connectivity index (χ3v) is 3.38. The topological polar surface area (TPSA) is 61.6 Å². The highest BCUT2D eigenvalue weighted by atomic mass is 16.2. The molecule has 0 unspecified atom stereocenters. The number of nitrogens with two attached hydrogens (primary N) is 1. The van der Waals surface area contributed by atoms with Crippen molar-refractivity contribution in [3.63, 3.8) is 0 Å². The van der Waals surface area contributed by atoms with Crippen LogP contribution in [0.2, 0.25) is 0 Å². The minimum Gasteiger partial charge on any atom is -0.397 e. The Balaban J connectivity index is 2.47. The molecule has 118 valence electrons. The minimum absolute atomic E-state index is 0.0164. The lowest BCUT2D eigenvalue weighted by Gasteiger charge is -2.21. The normalized spacial score (nSPS) is 11.1. The van der Waals surface area contributed by atoms with E-state index >= 15 is 0 Å². The molecule has 0 heterocycles. The highest BCUT2D eigenvalue weighted by molar-refractivity contribution is 5.95. The number of benzene rings is 1. The van der Waals surface area contributed by atoms with Crippen LogP contribution < -0.4 is 11.1 Å². The number of nitrogen functional groups attached to an aromatic ring is 1. The Morgan fingerprint density at radius 2 is 2.00 bits per heavy atom. The number of nitrogens with zero attached hydrogens (tertiary/aromatic N) is 2. The van der Waals surface area contributed by atoms with Crippen LogP contribution in [0.4, 0.5) is 11.4 Å². The van der Waals surface area contributed by atoms with Crippen LogP contribution in [0.3, 0.4) is 0 Å². The van der Waals surface area contributed by atoms with E-state index in [1.807, 2.05) is 25.1 Å². The van der Waals surface area contributed by atoms with Crippen molar-refractivity contribution in [1.29, 1.82) is 0 Å². The molecule has 21 heavy (non-hydrogen) atoms. The smallest absolute Gasteiger partial charge is 0.238 e. The molecule has 1 amide bonds. The number of nitrogens with one attached hydrogen (secondary N) is 1.